The number of benzene rings is 1. The average Bonchev–Trinajstić information content (AvgIpc) is 2.90. The lowest BCUT2D eigenvalue weighted by molar-refractivity contribution is 0.0845. The van der Waals surface area contributed by atoms with Crippen LogP contribution < -0.4 is 10.2 Å². The maximum atomic E-state index is 10.4. The molecule has 0 aliphatic heterocycles. The Morgan fingerprint density at radius 3 is 2.20 bits per heavy atom. The standard InChI is InChI=1S/C16H27NO2Si/c1-20(2,3)19-14-10-8-12(9-11-14)15(17)16(18)13-6-4-5-7-13/h8-11,13,15-16,18H,4-7,17H2,1-3H3/t15-,16+/m0/s1. The van der Waals surface area contributed by atoms with Gasteiger partial charge in [-0.2, -0.15) is 0 Å². The molecule has 1 aromatic carbocycles. The second-order valence-corrected chi connectivity index (χ2v) is 11.3. The number of rotatable bonds is 5. The van der Waals surface area contributed by atoms with Gasteiger partial charge >= 0.3 is 0 Å². The normalized spacial score (nSPS) is 19.9. The van der Waals surface area contributed by atoms with Crippen molar-refractivity contribution in [3.63, 3.8) is 0 Å². The summed E-state index contributed by atoms with van der Waals surface area (Å²) in [7, 11) is -1.57. The van der Waals surface area contributed by atoms with Crippen LogP contribution in [0, 0.1) is 5.92 Å². The van der Waals surface area contributed by atoms with E-state index in [4.69, 9.17) is 10.2 Å². The van der Waals surface area contributed by atoms with Gasteiger partial charge in [-0.05, 0) is 56.1 Å². The van der Waals surface area contributed by atoms with Crippen LogP contribution in [-0.4, -0.2) is 19.5 Å². The molecular weight excluding hydrogens is 266 g/mol. The Hall–Kier alpha value is -0.843. The topological polar surface area (TPSA) is 55.5 Å². The van der Waals surface area contributed by atoms with Crippen molar-refractivity contribution in [3.8, 4) is 5.75 Å². The Bertz CT molecular complexity index is 421. The molecule has 1 fully saturated rings. The van der Waals surface area contributed by atoms with Crippen molar-refractivity contribution in [2.75, 3.05) is 0 Å². The average molecular weight is 293 g/mol. The van der Waals surface area contributed by atoms with Crippen molar-refractivity contribution < 1.29 is 9.53 Å². The van der Waals surface area contributed by atoms with Crippen LogP contribution in [0.1, 0.15) is 37.3 Å². The van der Waals surface area contributed by atoms with Gasteiger partial charge in [0.2, 0.25) is 8.32 Å². The third kappa shape index (κ3) is 4.07. The Balaban J connectivity index is 2.01. The van der Waals surface area contributed by atoms with Crippen LogP contribution in [0.3, 0.4) is 0 Å². The molecule has 3 nitrogen and oxygen atoms in total. The molecule has 0 radical (unpaired) electrons. The molecular formula is C16H27NO2Si. The van der Waals surface area contributed by atoms with E-state index in [1.807, 2.05) is 24.3 Å². The van der Waals surface area contributed by atoms with Gasteiger partial charge < -0.3 is 15.3 Å². The summed E-state index contributed by atoms with van der Waals surface area (Å²) >= 11 is 0. The quantitative estimate of drug-likeness (QED) is 0.818. The largest absolute Gasteiger partial charge is 0.544 e. The van der Waals surface area contributed by atoms with E-state index in [0.29, 0.717) is 5.92 Å². The van der Waals surface area contributed by atoms with Crippen molar-refractivity contribution in [2.45, 2.75) is 57.5 Å². The van der Waals surface area contributed by atoms with Crippen LogP contribution in [0.4, 0.5) is 0 Å². The molecule has 0 aromatic heterocycles. The van der Waals surface area contributed by atoms with E-state index in [9.17, 15) is 5.11 Å². The lowest BCUT2D eigenvalue weighted by Crippen LogP contribution is -2.32. The first-order chi connectivity index (χ1) is 9.37. The second-order valence-electron chi connectivity index (χ2n) is 6.84. The van der Waals surface area contributed by atoms with Gasteiger partial charge in [0.1, 0.15) is 5.75 Å². The number of nitrogens with two attached hydrogens (primary N) is 1. The summed E-state index contributed by atoms with van der Waals surface area (Å²) in [5.74, 6) is 1.26. The molecule has 20 heavy (non-hydrogen) atoms. The SMILES string of the molecule is C[Si](C)(C)Oc1ccc([C@H](N)[C@H](O)C2CCCC2)cc1. The number of aliphatic hydroxyl groups is 1. The lowest BCUT2D eigenvalue weighted by atomic mass is 9.91. The first-order valence-corrected chi connectivity index (χ1v) is 11.0. The number of aliphatic hydroxyl groups excluding tert-OH is 1. The van der Waals surface area contributed by atoms with E-state index in [0.717, 1.165) is 24.2 Å². The fourth-order valence-corrected chi connectivity index (χ4v) is 3.74. The van der Waals surface area contributed by atoms with Crippen LogP contribution in [0.25, 0.3) is 0 Å². The van der Waals surface area contributed by atoms with E-state index in [2.05, 4.69) is 19.6 Å². The second kappa shape index (κ2) is 6.29. The smallest absolute Gasteiger partial charge is 0.242 e. The van der Waals surface area contributed by atoms with Crippen molar-refractivity contribution >= 4 is 8.32 Å². The molecule has 0 unspecified atom stereocenters. The van der Waals surface area contributed by atoms with E-state index >= 15 is 0 Å². The fraction of sp³-hybridized carbons (Fsp3) is 0.625. The summed E-state index contributed by atoms with van der Waals surface area (Å²) in [6.45, 7) is 6.49. The van der Waals surface area contributed by atoms with Crippen molar-refractivity contribution in [1.82, 2.24) is 0 Å². The number of hydrogen-bond acceptors (Lipinski definition) is 3. The predicted molar refractivity (Wildman–Crippen MR) is 85.3 cm³/mol. The zero-order valence-electron chi connectivity index (χ0n) is 12.8. The van der Waals surface area contributed by atoms with E-state index in [1.54, 1.807) is 0 Å². The molecule has 1 aliphatic rings. The summed E-state index contributed by atoms with van der Waals surface area (Å²) in [4.78, 5) is 0. The first kappa shape index (κ1) is 15.5. The Labute approximate surface area is 123 Å². The van der Waals surface area contributed by atoms with Crippen LogP contribution >= 0.6 is 0 Å². The molecule has 112 valence electrons. The van der Waals surface area contributed by atoms with Gasteiger partial charge in [0.25, 0.3) is 0 Å². The molecule has 0 heterocycles. The molecule has 0 amide bonds. The van der Waals surface area contributed by atoms with Crippen LogP contribution in [-0.2, 0) is 0 Å². The molecule has 1 aromatic rings. The monoisotopic (exact) mass is 293 g/mol. The van der Waals surface area contributed by atoms with Crippen molar-refractivity contribution in [3.05, 3.63) is 29.8 Å². The third-order valence-electron chi connectivity index (χ3n) is 3.94. The van der Waals surface area contributed by atoms with Gasteiger partial charge in [0.05, 0.1) is 12.1 Å². The van der Waals surface area contributed by atoms with Gasteiger partial charge in [-0.15, -0.1) is 0 Å². The minimum absolute atomic E-state index is 0.293. The predicted octanol–water partition coefficient (Wildman–Crippen LogP) is 3.45. The molecule has 4 heteroatoms. The minimum Gasteiger partial charge on any atom is -0.544 e. The summed E-state index contributed by atoms with van der Waals surface area (Å²) in [5, 5.41) is 10.4. The summed E-state index contributed by atoms with van der Waals surface area (Å²) in [5.41, 5.74) is 7.21. The van der Waals surface area contributed by atoms with Crippen molar-refractivity contribution in [1.29, 1.82) is 0 Å². The molecule has 0 saturated heterocycles. The highest BCUT2D eigenvalue weighted by Crippen LogP contribution is 2.33. The van der Waals surface area contributed by atoms with Crippen molar-refractivity contribution in [2.24, 2.45) is 11.7 Å². The highest BCUT2D eigenvalue weighted by Gasteiger charge is 2.28. The molecule has 0 bridgehead atoms. The van der Waals surface area contributed by atoms with E-state index in [-0.39, 0.29) is 6.04 Å². The molecule has 0 spiro atoms. The molecule has 2 atom stereocenters. The minimum atomic E-state index is -1.57. The van der Waals surface area contributed by atoms with Crippen LogP contribution in [0.5, 0.6) is 5.75 Å². The highest BCUT2D eigenvalue weighted by atomic mass is 28.4. The van der Waals surface area contributed by atoms with Gasteiger partial charge in [0, 0.05) is 0 Å². The Kier molecular flexibility index (Phi) is 4.89. The maximum Gasteiger partial charge on any atom is 0.242 e. The summed E-state index contributed by atoms with van der Waals surface area (Å²) in [6, 6.07) is 7.61. The summed E-state index contributed by atoms with van der Waals surface area (Å²) < 4.78 is 5.93. The summed E-state index contributed by atoms with van der Waals surface area (Å²) in [6.07, 6.45) is 4.22. The number of hydrogen-bond donors (Lipinski definition) is 2. The molecule has 1 aliphatic carbocycles. The first-order valence-electron chi connectivity index (χ1n) is 7.59. The Morgan fingerprint density at radius 2 is 1.70 bits per heavy atom. The van der Waals surface area contributed by atoms with E-state index < -0.39 is 14.4 Å². The zero-order chi connectivity index (χ0) is 14.8. The van der Waals surface area contributed by atoms with Gasteiger partial charge in [-0.1, -0.05) is 25.0 Å². The lowest BCUT2D eigenvalue weighted by Gasteiger charge is -2.25. The van der Waals surface area contributed by atoms with Gasteiger partial charge in [-0.25, -0.2) is 0 Å². The van der Waals surface area contributed by atoms with Gasteiger partial charge in [0.15, 0.2) is 0 Å². The highest BCUT2D eigenvalue weighted by molar-refractivity contribution is 6.70. The fourth-order valence-electron chi connectivity index (χ4n) is 2.90. The van der Waals surface area contributed by atoms with Crippen LogP contribution in [0.2, 0.25) is 19.6 Å². The van der Waals surface area contributed by atoms with E-state index in [1.165, 1.54) is 12.8 Å². The molecule has 2 rings (SSSR count). The molecule has 1 saturated carbocycles. The van der Waals surface area contributed by atoms with Gasteiger partial charge in [-0.3, -0.25) is 0 Å². The Morgan fingerprint density at radius 1 is 1.15 bits per heavy atom. The third-order valence-corrected chi connectivity index (χ3v) is 4.79. The maximum absolute atomic E-state index is 10.4. The van der Waals surface area contributed by atoms with Crippen LogP contribution in [0.15, 0.2) is 24.3 Å². The zero-order valence-corrected chi connectivity index (χ0v) is 13.8. The molecule has 3 N–H and O–H groups in total.